The number of hydrogen-bond acceptors (Lipinski definition) is 5. The monoisotopic (exact) mass is 427 g/mol. The molecule has 0 spiro atoms. The van der Waals surface area contributed by atoms with Crippen LogP contribution in [0.5, 0.6) is 0 Å². The molecule has 3 aliphatic rings. The van der Waals surface area contributed by atoms with Crippen LogP contribution in [0.1, 0.15) is 44.1 Å². The molecule has 3 fully saturated rings. The molecule has 0 radical (unpaired) electrons. The van der Waals surface area contributed by atoms with Crippen LogP contribution in [0, 0.1) is 0 Å². The van der Waals surface area contributed by atoms with Crippen molar-refractivity contribution in [3.8, 4) is 0 Å². The van der Waals surface area contributed by atoms with Gasteiger partial charge in [0.25, 0.3) is 0 Å². The molecule has 0 saturated carbocycles. The molecule has 1 aromatic carbocycles. The summed E-state index contributed by atoms with van der Waals surface area (Å²) in [6.45, 7) is 4.15. The minimum atomic E-state index is -0.0718. The average molecular weight is 428 g/mol. The Morgan fingerprint density at radius 3 is 2.61 bits per heavy atom. The molecule has 3 aliphatic heterocycles. The van der Waals surface area contributed by atoms with E-state index in [4.69, 9.17) is 0 Å². The number of nitrogens with zero attached hydrogens (tertiary/aromatic N) is 3. The predicted octanol–water partition coefficient (Wildman–Crippen LogP) is 1.58. The summed E-state index contributed by atoms with van der Waals surface area (Å²) in [5.74, 6) is 0.418. The molecule has 0 aromatic heterocycles. The molecular formula is C24H37N5O2. The van der Waals surface area contributed by atoms with E-state index in [1.54, 1.807) is 0 Å². The minimum Gasteiger partial charge on any atom is -0.378 e. The normalized spacial score (nSPS) is 26.5. The van der Waals surface area contributed by atoms with Crippen LogP contribution in [-0.2, 0) is 16.1 Å². The molecule has 2 N–H and O–H groups in total. The van der Waals surface area contributed by atoms with Crippen LogP contribution in [0.2, 0.25) is 0 Å². The maximum atomic E-state index is 12.6. The summed E-state index contributed by atoms with van der Waals surface area (Å²) < 4.78 is 0. The van der Waals surface area contributed by atoms with E-state index in [9.17, 15) is 9.59 Å². The van der Waals surface area contributed by atoms with E-state index in [0.29, 0.717) is 19.0 Å². The number of piperidine rings is 1. The Labute approximate surface area is 186 Å². The number of carbonyl (C=O) groups excluding carboxylic acids is 2. The van der Waals surface area contributed by atoms with Gasteiger partial charge in [-0.1, -0.05) is 12.1 Å². The first-order chi connectivity index (χ1) is 15.0. The van der Waals surface area contributed by atoms with Gasteiger partial charge in [-0.05, 0) is 49.8 Å². The smallest absolute Gasteiger partial charge is 0.237 e. The number of likely N-dealkylation sites (tertiary alicyclic amines) is 1. The fourth-order valence-corrected chi connectivity index (χ4v) is 5.16. The summed E-state index contributed by atoms with van der Waals surface area (Å²) in [5.41, 5.74) is 2.45. The molecule has 4 rings (SSSR count). The van der Waals surface area contributed by atoms with Gasteiger partial charge in [0.2, 0.25) is 11.8 Å². The Balaban J connectivity index is 1.28. The molecule has 0 bridgehead atoms. The first-order valence-corrected chi connectivity index (χ1v) is 11.8. The lowest BCUT2D eigenvalue weighted by molar-refractivity contribution is -0.133. The van der Waals surface area contributed by atoms with Gasteiger partial charge in [0.1, 0.15) is 0 Å². The maximum absolute atomic E-state index is 12.6. The topological polar surface area (TPSA) is 67.9 Å². The lowest BCUT2D eigenvalue weighted by Crippen LogP contribution is -2.58. The Morgan fingerprint density at radius 2 is 1.90 bits per heavy atom. The molecule has 31 heavy (non-hydrogen) atoms. The molecule has 170 valence electrons. The molecule has 1 aromatic rings. The zero-order valence-electron chi connectivity index (χ0n) is 19.0. The third-order valence-electron chi connectivity index (χ3n) is 7.07. The average Bonchev–Trinajstić information content (AvgIpc) is 3.23. The van der Waals surface area contributed by atoms with Crippen LogP contribution in [0.15, 0.2) is 24.3 Å². The van der Waals surface area contributed by atoms with Crippen molar-refractivity contribution in [2.75, 3.05) is 45.2 Å². The highest BCUT2D eigenvalue weighted by molar-refractivity contribution is 5.83. The summed E-state index contributed by atoms with van der Waals surface area (Å²) in [6, 6.07) is 9.07. The largest absolute Gasteiger partial charge is 0.378 e. The summed E-state index contributed by atoms with van der Waals surface area (Å²) in [6.07, 6.45) is 5.74. The second-order valence-electron chi connectivity index (χ2n) is 9.47. The van der Waals surface area contributed by atoms with Crippen molar-refractivity contribution in [1.29, 1.82) is 0 Å². The van der Waals surface area contributed by atoms with Crippen molar-refractivity contribution in [3.63, 3.8) is 0 Å². The van der Waals surface area contributed by atoms with E-state index in [0.717, 1.165) is 51.9 Å². The van der Waals surface area contributed by atoms with E-state index in [1.165, 1.54) is 17.7 Å². The lowest BCUT2D eigenvalue weighted by atomic mass is 10.0. The Hall–Kier alpha value is -2.12. The highest BCUT2D eigenvalue weighted by Crippen LogP contribution is 2.26. The number of nitrogens with one attached hydrogen (secondary N) is 2. The van der Waals surface area contributed by atoms with Crippen molar-refractivity contribution in [2.24, 2.45) is 0 Å². The lowest BCUT2D eigenvalue weighted by Gasteiger charge is -2.37. The predicted molar refractivity (Wildman–Crippen MR) is 123 cm³/mol. The SMILES string of the molecule is CN(C)c1ccc(CN[C@@H]2C[C@@H]3C(=O)NC[C@@H](CCC(=O)N4CCCCC4)N3C2)cc1. The third-order valence-corrected chi connectivity index (χ3v) is 7.07. The molecule has 0 unspecified atom stereocenters. The standard InChI is InChI=1S/C24H37N5O2/c1-27(2)20-8-6-18(7-9-20)15-25-19-14-22-24(31)26-16-21(29(22)17-19)10-11-23(30)28-12-4-3-5-13-28/h6-9,19,21-22,25H,3-5,10-17H2,1-2H3,(H,26,31)/t19-,21-,22-/m1/s1. The molecule has 0 aliphatic carbocycles. The highest BCUT2D eigenvalue weighted by atomic mass is 16.2. The summed E-state index contributed by atoms with van der Waals surface area (Å²) in [5, 5.41) is 6.73. The van der Waals surface area contributed by atoms with Crippen LogP contribution < -0.4 is 15.5 Å². The van der Waals surface area contributed by atoms with E-state index in [-0.39, 0.29) is 23.9 Å². The van der Waals surface area contributed by atoms with Gasteiger partial charge < -0.3 is 20.4 Å². The molecular weight excluding hydrogens is 390 g/mol. The quantitative estimate of drug-likeness (QED) is 0.692. The molecule has 3 saturated heterocycles. The number of piperazine rings is 1. The van der Waals surface area contributed by atoms with Gasteiger partial charge >= 0.3 is 0 Å². The van der Waals surface area contributed by atoms with Crippen molar-refractivity contribution < 1.29 is 9.59 Å². The second kappa shape index (κ2) is 10.0. The molecule has 7 nitrogen and oxygen atoms in total. The van der Waals surface area contributed by atoms with Crippen molar-refractivity contribution in [1.82, 2.24) is 20.4 Å². The van der Waals surface area contributed by atoms with Gasteiger partial charge in [-0.25, -0.2) is 0 Å². The summed E-state index contributed by atoms with van der Waals surface area (Å²) in [4.78, 5) is 31.5. The van der Waals surface area contributed by atoms with Gasteiger partial charge in [-0.15, -0.1) is 0 Å². The third kappa shape index (κ3) is 5.39. The fraction of sp³-hybridized carbons (Fsp3) is 0.667. The molecule has 3 heterocycles. The zero-order valence-corrected chi connectivity index (χ0v) is 19.0. The summed E-state index contributed by atoms with van der Waals surface area (Å²) >= 11 is 0. The van der Waals surface area contributed by atoms with E-state index in [1.807, 2.05) is 19.0 Å². The number of amides is 2. The van der Waals surface area contributed by atoms with Crippen LogP contribution in [0.3, 0.4) is 0 Å². The first kappa shape index (κ1) is 22.1. The minimum absolute atomic E-state index is 0.0718. The number of hydrogen-bond donors (Lipinski definition) is 2. The van der Waals surface area contributed by atoms with Crippen molar-refractivity contribution in [3.05, 3.63) is 29.8 Å². The van der Waals surface area contributed by atoms with Gasteiger partial charge in [0, 0.05) is 71.0 Å². The Kier molecular flexibility index (Phi) is 7.13. The van der Waals surface area contributed by atoms with E-state index in [2.05, 4.69) is 44.7 Å². The van der Waals surface area contributed by atoms with E-state index < -0.39 is 0 Å². The van der Waals surface area contributed by atoms with Crippen LogP contribution in [0.4, 0.5) is 5.69 Å². The number of carbonyl (C=O) groups is 2. The fourth-order valence-electron chi connectivity index (χ4n) is 5.16. The Bertz CT molecular complexity index is 760. The summed E-state index contributed by atoms with van der Waals surface area (Å²) in [7, 11) is 4.09. The number of anilines is 1. The molecule has 3 atom stereocenters. The molecule has 2 amide bonds. The van der Waals surface area contributed by atoms with Gasteiger partial charge in [-0.3, -0.25) is 14.5 Å². The van der Waals surface area contributed by atoms with Crippen LogP contribution in [0.25, 0.3) is 0 Å². The van der Waals surface area contributed by atoms with Crippen molar-refractivity contribution in [2.45, 2.75) is 63.2 Å². The Morgan fingerprint density at radius 1 is 1.16 bits per heavy atom. The maximum Gasteiger partial charge on any atom is 0.237 e. The first-order valence-electron chi connectivity index (χ1n) is 11.8. The highest BCUT2D eigenvalue weighted by Gasteiger charge is 2.43. The van der Waals surface area contributed by atoms with Crippen LogP contribution >= 0.6 is 0 Å². The van der Waals surface area contributed by atoms with Gasteiger partial charge in [0.05, 0.1) is 6.04 Å². The van der Waals surface area contributed by atoms with Gasteiger partial charge in [-0.2, -0.15) is 0 Å². The zero-order chi connectivity index (χ0) is 21.8. The van der Waals surface area contributed by atoms with Gasteiger partial charge in [0.15, 0.2) is 0 Å². The number of benzene rings is 1. The molecule has 7 heteroatoms. The van der Waals surface area contributed by atoms with Crippen LogP contribution in [-0.4, -0.2) is 80.0 Å². The van der Waals surface area contributed by atoms with Crippen molar-refractivity contribution >= 4 is 17.5 Å². The van der Waals surface area contributed by atoms with E-state index >= 15 is 0 Å². The second-order valence-corrected chi connectivity index (χ2v) is 9.47. The number of rotatable bonds is 7. The number of fused-ring (bicyclic) bond motifs is 1.